The lowest BCUT2D eigenvalue weighted by atomic mass is 10.1. The molecule has 0 heterocycles. The third kappa shape index (κ3) is 3.99. The van der Waals surface area contributed by atoms with E-state index >= 15 is 0 Å². The molecule has 0 spiro atoms. The van der Waals surface area contributed by atoms with Crippen molar-refractivity contribution in [3.05, 3.63) is 63.7 Å². The van der Waals surface area contributed by atoms with Crippen molar-refractivity contribution in [3.63, 3.8) is 0 Å². The van der Waals surface area contributed by atoms with Gasteiger partial charge in [0.15, 0.2) is 0 Å². The maximum absolute atomic E-state index is 11.8. The summed E-state index contributed by atoms with van der Waals surface area (Å²) in [4.78, 5) is 11.8. The van der Waals surface area contributed by atoms with Crippen molar-refractivity contribution >= 4 is 23.3 Å². The Balaban J connectivity index is 2.21. The predicted molar refractivity (Wildman–Crippen MR) is 86.0 cm³/mol. The molecule has 0 atom stereocenters. The molecule has 21 heavy (non-hydrogen) atoms. The highest BCUT2D eigenvalue weighted by molar-refractivity contribution is 6.31. The first-order valence-electron chi connectivity index (χ1n) is 6.68. The summed E-state index contributed by atoms with van der Waals surface area (Å²) >= 11 is 5.94. The molecule has 0 amide bonds. The fourth-order valence-electron chi connectivity index (χ4n) is 2.32. The summed E-state index contributed by atoms with van der Waals surface area (Å²) < 4.78 is 4.78. The Bertz CT molecular complexity index is 648. The van der Waals surface area contributed by atoms with E-state index < -0.39 is 5.97 Å². The fraction of sp³-hybridized carbons (Fsp3) is 0.235. The van der Waals surface area contributed by atoms with E-state index in [-0.39, 0.29) is 0 Å². The summed E-state index contributed by atoms with van der Waals surface area (Å²) in [6.45, 7) is 4.77. The number of halogens is 1. The Kier molecular flexibility index (Phi) is 4.86. The van der Waals surface area contributed by atoms with E-state index in [0.29, 0.717) is 22.8 Å². The first kappa shape index (κ1) is 15.4. The van der Waals surface area contributed by atoms with E-state index in [9.17, 15) is 4.79 Å². The van der Waals surface area contributed by atoms with Crippen molar-refractivity contribution in [2.45, 2.75) is 20.4 Å². The van der Waals surface area contributed by atoms with Gasteiger partial charge in [0.1, 0.15) is 0 Å². The molecule has 2 rings (SSSR count). The molecule has 4 heteroatoms. The minimum Gasteiger partial charge on any atom is -0.465 e. The Morgan fingerprint density at radius 3 is 2.43 bits per heavy atom. The van der Waals surface area contributed by atoms with E-state index in [2.05, 4.69) is 37.4 Å². The number of esters is 1. The van der Waals surface area contributed by atoms with Gasteiger partial charge in [-0.05, 0) is 37.6 Å². The van der Waals surface area contributed by atoms with Crippen molar-refractivity contribution in [1.82, 2.24) is 0 Å². The number of anilines is 1. The molecule has 3 nitrogen and oxygen atoms in total. The highest BCUT2D eigenvalue weighted by Gasteiger charge is 2.12. The lowest BCUT2D eigenvalue weighted by molar-refractivity contribution is 0.0602. The van der Waals surface area contributed by atoms with Crippen LogP contribution in [0.2, 0.25) is 5.02 Å². The summed E-state index contributed by atoms with van der Waals surface area (Å²) in [7, 11) is 1.36. The maximum atomic E-state index is 11.8. The minimum absolute atomic E-state index is 0.402. The van der Waals surface area contributed by atoms with Crippen LogP contribution in [0.5, 0.6) is 0 Å². The molecule has 2 aromatic rings. The lowest BCUT2D eigenvalue weighted by Gasteiger charge is -2.12. The summed E-state index contributed by atoms with van der Waals surface area (Å²) in [6.07, 6.45) is 0. The SMILES string of the molecule is COC(=O)c1cc(Cl)ccc1NCc1cc(C)cc(C)c1. The molecular formula is C17H18ClNO2. The largest absolute Gasteiger partial charge is 0.465 e. The number of benzene rings is 2. The van der Waals surface area contributed by atoms with Crippen LogP contribution in [0.4, 0.5) is 5.69 Å². The second kappa shape index (κ2) is 6.64. The molecular weight excluding hydrogens is 286 g/mol. The molecule has 0 aromatic heterocycles. The van der Waals surface area contributed by atoms with Gasteiger partial charge in [-0.3, -0.25) is 0 Å². The number of hydrogen-bond donors (Lipinski definition) is 1. The van der Waals surface area contributed by atoms with Gasteiger partial charge in [0, 0.05) is 17.3 Å². The topological polar surface area (TPSA) is 38.3 Å². The van der Waals surface area contributed by atoms with Gasteiger partial charge in [-0.1, -0.05) is 40.9 Å². The molecule has 0 unspecified atom stereocenters. The van der Waals surface area contributed by atoms with Crippen LogP contribution in [0.3, 0.4) is 0 Å². The van der Waals surface area contributed by atoms with Crippen LogP contribution in [0.15, 0.2) is 36.4 Å². The van der Waals surface area contributed by atoms with E-state index in [4.69, 9.17) is 16.3 Å². The zero-order valence-corrected chi connectivity index (χ0v) is 13.1. The van der Waals surface area contributed by atoms with Crippen LogP contribution in [0.25, 0.3) is 0 Å². The van der Waals surface area contributed by atoms with E-state index in [1.165, 1.54) is 23.8 Å². The zero-order chi connectivity index (χ0) is 15.4. The molecule has 0 saturated heterocycles. The molecule has 2 aromatic carbocycles. The molecule has 0 aliphatic carbocycles. The second-order valence-corrected chi connectivity index (χ2v) is 5.47. The van der Waals surface area contributed by atoms with Crippen LogP contribution >= 0.6 is 11.6 Å². The molecule has 0 aliphatic heterocycles. The summed E-state index contributed by atoms with van der Waals surface area (Å²) in [5.41, 5.74) is 4.75. The molecule has 110 valence electrons. The average molecular weight is 304 g/mol. The Hall–Kier alpha value is -2.00. The third-order valence-electron chi connectivity index (χ3n) is 3.15. The number of nitrogens with one attached hydrogen (secondary N) is 1. The summed E-state index contributed by atoms with van der Waals surface area (Å²) in [6, 6.07) is 11.5. The van der Waals surface area contributed by atoms with Gasteiger partial charge >= 0.3 is 5.97 Å². The van der Waals surface area contributed by atoms with Crippen molar-refractivity contribution in [2.24, 2.45) is 0 Å². The van der Waals surface area contributed by atoms with Crippen LogP contribution in [0, 0.1) is 13.8 Å². The third-order valence-corrected chi connectivity index (χ3v) is 3.39. The average Bonchev–Trinajstić information content (AvgIpc) is 2.44. The van der Waals surface area contributed by atoms with Gasteiger partial charge in [0.05, 0.1) is 12.7 Å². The van der Waals surface area contributed by atoms with Crippen molar-refractivity contribution in [2.75, 3.05) is 12.4 Å². The van der Waals surface area contributed by atoms with E-state index in [0.717, 1.165) is 0 Å². The fourth-order valence-corrected chi connectivity index (χ4v) is 2.49. The highest BCUT2D eigenvalue weighted by atomic mass is 35.5. The molecule has 0 aliphatic rings. The molecule has 0 fully saturated rings. The van der Waals surface area contributed by atoms with Crippen molar-refractivity contribution < 1.29 is 9.53 Å². The quantitative estimate of drug-likeness (QED) is 0.853. The lowest BCUT2D eigenvalue weighted by Crippen LogP contribution is -2.08. The number of rotatable bonds is 4. The second-order valence-electron chi connectivity index (χ2n) is 5.03. The number of carbonyl (C=O) groups excluding carboxylic acids is 1. The van der Waals surface area contributed by atoms with Gasteiger partial charge < -0.3 is 10.1 Å². The van der Waals surface area contributed by atoms with Crippen molar-refractivity contribution in [1.29, 1.82) is 0 Å². The van der Waals surface area contributed by atoms with Gasteiger partial charge in [-0.25, -0.2) is 4.79 Å². The van der Waals surface area contributed by atoms with Gasteiger partial charge in [0.25, 0.3) is 0 Å². The van der Waals surface area contributed by atoms with Gasteiger partial charge in [-0.15, -0.1) is 0 Å². The van der Waals surface area contributed by atoms with Crippen LogP contribution < -0.4 is 5.32 Å². The smallest absolute Gasteiger partial charge is 0.340 e. The number of ether oxygens (including phenoxy) is 1. The number of carbonyl (C=O) groups is 1. The van der Waals surface area contributed by atoms with Crippen molar-refractivity contribution in [3.8, 4) is 0 Å². The number of methoxy groups -OCH3 is 1. The number of hydrogen-bond acceptors (Lipinski definition) is 3. The summed E-state index contributed by atoms with van der Waals surface area (Å²) in [5, 5.41) is 3.77. The maximum Gasteiger partial charge on any atom is 0.340 e. The highest BCUT2D eigenvalue weighted by Crippen LogP contribution is 2.22. The molecule has 0 saturated carbocycles. The molecule has 0 radical (unpaired) electrons. The summed E-state index contributed by atoms with van der Waals surface area (Å²) in [5.74, 6) is -0.402. The Morgan fingerprint density at radius 1 is 1.14 bits per heavy atom. The standard InChI is InChI=1S/C17H18ClNO2/c1-11-6-12(2)8-13(7-11)10-19-16-5-4-14(18)9-15(16)17(20)21-3/h4-9,19H,10H2,1-3H3. The van der Waals surface area contributed by atoms with Crippen LogP contribution in [0.1, 0.15) is 27.0 Å². The van der Waals surface area contributed by atoms with E-state index in [1.54, 1.807) is 18.2 Å². The first-order chi connectivity index (χ1) is 9.99. The minimum atomic E-state index is -0.402. The van der Waals surface area contributed by atoms with Crippen LogP contribution in [-0.2, 0) is 11.3 Å². The van der Waals surface area contributed by atoms with Crippen LogP contribution in [-0.4, -0.2) is 13.1 Å². The number of aryl methyl sites for hydroxylation is 2. The first-order valence-corrected chi connectivity index (χ1v) is 7.06. The zero-order valence-electron chi connectivity index (χ0n) is 12.4. The normalized spacial score (nSPS) is 10.3. The van der Waals surface area contributed by atoms with E-state index in [1.807, 2.05) is 0 Å². The monoisotopic (exact) mass is 303 g/mol. The Labute approximate surface area is 129 Å². The molecule has 0 bridgehead atoms. The molecule has 1 N–H and O–H groups in total. The van der Waals surface area contributed by atoms with Gasteiger partial charge in [-0.2, -0.15) is 0 Å². The Morgan fingerprint density at radius 2 is 1.81 bits per heavy atom. The predicted octanol–water partition coefficient (Wildman–Crippen LogP) is 4.36. The van der Waals surface area contributed by atoms with Gasteiger partial charge in [0.2, 0.25) is 0 Å².